The number of aliphatic imine (C=N–C) groups is 1. The molecule has 7 heteroatoms. The number of ether oxygens (including phenoxy) is 2. The summed E-state index contributed by atoms with van der Waals surface area (Å²) in [6.07, 6.45) is 3.26. The van der Waals surface area contributed by atoms with Crippen LogP contribution in [-0.2, 0) is 22.7 Å². The Bertz CT molecular complexity index is 1490. The highest BCUT2D eigenvalue weighted by atomic mass is 16.6. The van der Waals surface area contributed by atoms with E-state index in [0.29, 0.717) is 12.3 Å². The van der Waals surface area contributed by atoms with Gasteiger partial charge in [-0.1, -0.05) is 74.5 Å². The number of esters is 1. The number of para-hydroxylation sites is 1. The van der Waals surface area contributed by atoms with Crippen LogP contribution in [0.2, 0.25) is 0 Å². The van der Waals surface area contributed by atoms with Gasteiger partial charge in [-0.2, -0.15) is 4.57 Å². The summed E-state index contributed by atoms with van der Waals surface area (Å²) in [5, 5.41) is 15.4. The van der Waals surface area contributed by atoms with Crippen molar-refractivity contribution in [2.45, 2.75) is 54.0 Å². The molecule has 1 heterocycles. The fourth-order valence-electron chi connectivity index (χ4n) is 4.24. The fraction of sp³-hybridized carbons (Fsp3) is 0.286. The van der Waals surface area contributed by atoms with Crippen LogP contribution in [0.15, 0.2) is 108 Å². The zero-order valence-corrected chi connectivity index (χ0v) is 24.9. The van der Waals surface area contributed by atoms with Crippen molar-refractivity contribution in [1.82, 2.24) is 0 Å². The SMILES string of the molecule is CC(C)C(OC(=O)C(C)(C)C)[n+]1cccc(CN=C([O-])Nc2ccc(COc3ccccc3-c3ccccc3)cc2)c1. The molecule has 4 aromatic rings. The number of amidine groups is 1. The van der Waals surface area contributed by atoms with Crippen LogP contribution in [0, 0.1) is 11.3 Å². The second kappa shape index (κ2) is 13.8. The molecule has 0 fully saturated rings. The van der Waals surface area contributed by atoms with Gasteiger partial charge >= 0.3 is 12.2 Å². The number of hydrogen-bond acceptors (Lipinski definition) is 5. The third-order valence-electron chi connectivity index (χ3n) is 6.56. The number of rotatable bonds is 10. The number of carbonyl (C=O) groups excluding carboxylic acids is 1. The lowest BCUT2D eigenvalue weighted by Gasteiger charge is -2.22. The van der Waals surface area contributed by atoms with E-state index in [-0.39, 0.29) is 18.4 Å². The van der Waals surface area contributed by atoms with Gasteiger partial charge in [-0.25, -0.2) is 0 Å². The minimum atomic E-state index is -0.599. The highest BCUT2D eigenvalue weighted by Crippen LogP contribution is 2.30. The van der Waals surface area contributed by atoms with Gasteiger partial charge in [0.05, 0.1) is 23.9 Å². The molecule has 42 heavy (non-hydrogen) atoms. The normalized spacial score (nSPS) is 12.6. The molecule has 3 aromatic carbocycles. The van der Waals surface area contributed by atoms with Crippen molar-refractivity contribution in [3.63, 3.8) is 0 Å². The molecule has 1 unspecified atom stereocenters. The smallest absolute Gasteiger partial charge is 0.316 e. The molecule has 1 aromatic heterocycles. The summed E-state index contributed by atoms with van der Waals surface area (Å²) in [6, 6.07) is 28.9. The summed E-state index contributed by atoms with van der Waals surface area (Å²) in [5.41, 5.74) is 4.00. The third kappa shape index (κ3) is 8.43. The molecule has 218 valence electrons. The number of nitrogens with one attached hydrogen (secondary N) is 1. The van der Waals surface area contributed by atoms with Gasteiger partial charge in [-0.15, -0.1) is 0 Å². The second-order valence-corrected chi connectivity index (χ2v) is 11.5. The van der Waals surface area contributed by atoms with E-state index in [4.69, 9.17) is 9.47 Å². The molecule has 0 aliphatic carbocycles. The first-order valence-corrected chi connectivity index (χ1v) is 14.2. The summed E-state index contributed by atoms with van der Waals surface area (Å²) in [4.78, 5) is 16.7. The van der Waals surface area contributed by atoms with Crippen molar-refractivity contribution in [1.29, 1.82) is 0 Å². The predicted molar refractivity (Wildman–Crippen MR) is 163 cm³/mol. The van der Waals surface area contributed by atoms with Gasteiger partial charge < -0.3 is 19.9 Å². The molecular weight excluding hydrogens is 526 g/mol. The standard InChI is InChI=1S/C35H39N3O4/c1-25(2)32(42-33(39)35(3,4)5)38-21-11-12-27(23-38)22-36-34(40)37-29-19-17-26(18-20-29)24-41-31-16-10-9-15-30(31)28-13-7-6-8-14-28/h6-21,23,25,32H,22,24H2,1-5H3,(H-,36,37,40). The minimum absolute atomic E-state index is 0.0590. The monoisotopic (exact) mass is 565 g/mol. The average molecular weight is 566 g/mol. The third-order valence-corrected chi connectivity index (χ3v) is 6.56. The molecule has 0 saturated heterocycles. The van der Waals surface area contributed by atoms with E-state index >= 15 is 0 Å². The first kappa shape index (κ1) is 30.3. The van der Waals surface area contributed by atoms with E-state index in [1.54, 1.807) is 0 Å². The molecule has 0 bridgehead atoms. The molecule has 7 nitrogen and oxygen atoms in total. The zero-order chi connectivity index (χ0) is 30.1. The lowest BCUT2D eigenvalue weighted by atomic mass is 9.97. The number of aromatic nitrogens is 1. The number of anilines is 1. The molecule has 0 amide bonds. The average Bonchev–Trinajstić information content (AvgIpc) is 2.98. The topological polar surface area (TPSA) is 86.9 Å². The van der Waals surface area contributed by atoms with Crippen LogP contribution in [0.4, 0.5) is 5.69 Å². The van der Waals surface area contributed by atoms with Crippen LogP contribution in [0.3, 0.4) is 0 Å². The summed E-state index contributed by atoms with van der Waals surface area (Å²) in [7, 11) is 0. The predicted octanol–water partition coefficient (Wildman–Crippen LogP) is 6.29. The molecule has 0 spiro atoms. The Labute approximate surface area is 248 Å². The Morgan fingerprint density at radius 2 is 1.60 bits per heavy atom. The van der Waals surface area contributed by atoms with Crippen LogP contribution < -0.4 is 19.7 Å². The molecule has 0 aliphatic heterocycles. The van der Waals surface area contributed by atoms with E-state index < -0.39 is 17.7 Å². The summed E-state index contributed by atoms with van der Waals surface area (Å²) in [6.45, 7) is 10.1. The minimum Gasteiger partial charge on any atom is -0.846 e. The zero-order valence-electron chi connectivity index (χ0n) is 24.9. The molecular formula is C35H39N3O4. The molecule has 1 N–H and O–H groups in total. The van der Waals surface area contributed by atoms with Gasteiger partial charge in [-0.3, -0.25) is 9.79 Å². The lowest BCUT2D eigenvalue weighted by molar-refractivity contribution is -0.764. The molecule has 4 rings (SSSR count). The largest absolute Gasteiger partial charge is 0.846 e. The van der Waals surface area contributed by atoms with Gasteiger partial charge in [0.2, 0.25) is 0 Å². The summed E-state index contributed by atoms with van der Waals surface area (Å²) >= 11 is 0. The van der Waals surface area contributed by atoms with Gasteiger partial charge in [0.1, 0.15) is 12.4 Å². The molecule has 0 aliphatic rings. The Morgan fingerprint density at radius 1 is 0.905 bits per heavy atom. The Hall–Kier alpha value is -4.65. The highest BCUT2D eigenvalue weighted by Gasteiger charge is 2.32. The molecule has 0 saturated carbocycles. The maximum atomic E-state index is 12.6. The Balaban J connectivity index is 1.34. The second-order valence-electron chi connectivity index (χ2n) is 11.5. The molecule has 1 atom stereocenters. The van der Waals surface area contributed by atoms with Crippen molar-refractivity contribution in [2.24, 2.45) is 16.3 Å². The van der Waals surface area contributed by atoms with Gasteiger partial charge in [0.15, 0.2) is 12.4 Å². The number of pyridine rings is 1. The summed E-state index contributed by atoms with van der Waals surface area (Å²) in [5.74, 6) is 0.607. The number of hydrogen-bond donors (Lipinski definition) is 1. The van der Waals surface area contributed by atoms with Crippen molar-refractivity contribution >= 4 is 17.7 Å². The molecule has 0 radical (unpaired) electrons. The Kier molecular flexibility index (Phi) is 9.97. The van der Waals surface area contributed by atoms with Crippen LogP contribution in [0.1, 0.15) is 52.0 Å². The van der Waals surface area contributed by atoms with Crippen LogP contribution >= 0.6 is 0 Å². The van der Waals surface area contributed by atoms with Crippen LogP contribution in [0.25, 0.3) is 11.1 Å². The van der Waals surface area contributed by atoms with E-state index in [1.807, 2.05) is 130 Å². The number of benzene rings is 3. The van der Waals surface area contributed by atoms with E-state index in [1.165, 1.54) is 0 Å². The van der Waals surface area contributed by atoms with Crippen LogP contribution in [-0.4, -0.2) is 12.0 Å². The van der Waals surface area contributed by atoms with Crippen molar-refractivity contribution < 1.29 is 23.9 Å². The quantitative estimate of drug-likeness (QED) is 0.106. The number of carbonyl (C=O) groups is 1. The van der Waals surface area contributed by atoms with Gasteiger partial charge in [0.25, 0.3) is 0 Å². The van der Waals surface area contributed by atoms with E-state index in [9.17, 15) is 9.90 Å². The van der Waals surface area contributed by atoms with Crippen LogP contribution in [0.5, 0.6) is 5.75 Å². The fourth-order valence-corrected chi connectivity index (χ4v) is 4.24. The highest BCUT2D eigenvalue weighted by molar-refractivity contribution is 5.85. The maximum Gasteiger partial charge on any atom is 0.316 e. The first-order valence-electron chi connectivity index (χ1n) is 14.2. The van der Waals surface area contributed by atoms with Gasteiger partial charge in [0, 0.05) is 22.9 Å². The van der Waals surface area contributed by atoms with E-state index in [0.717, 1.165) is 28.0 Å². The van der Waals surface area contributed by atoms with Crippen molar-refractivity contribution in [2.75, 3.05) is 5.32 Å². The van der Waals surface area contributed by atoms with Crippen molar-refractivity contribution in [3.05, 3.63) is 115 Å². The first-order chi connectivity index (χ1) is 20.1. The summed E-state index contributed by atoms with van der Waals surface area (Å²) < 4.78 is 13.8. The number of nitrogens with zero attached hydrogens (tertiary/aromatic N) is 2. The lowest BCUT2D eigenvalue weighted by Crippen LogP contribution is -2.46. The van der Waals surface area contributed by atoms with E-state index in [2.05, 4.69) is 22.4 Å². The Morgan fingerprint density at radius 3 is 2.29 bits per heavy atom. The van der Waals surface area contributed by atoms with Crippen molar-refractivity contribution in [3.8, 4) is 16.9 Å². The van der Waals surface area contributed by atoms with Gasteiger partial charge in [-0.05, 0) is 56.2 Å². The maximum absolute atomic E-state index is 12.6.